The number of imidazole rings is 1. The van der Waals surface area contributed by atoms with Crippen LogP contribution in [-0.4, -0.2) is 74.5 Å². The Kier molecular flexibility index (Phi) is 10.6. The smallest absolute Gasteiger partial charge is 0.406 e. The molecule has 9 N–H and O–H groups in total. The van der Waals surface area contributed by atoms with E-state index in [1.165, 1.54) is 17.0 Å². The average molecular weight is 709 g/mol. The number of ether oxygens (including phenoxy) is 2. The van der Waals surface area contributed by atoms with Crippen LogP contribution in [0.3, 0.4) is 0 Å². The largest absolute Gasteiger partial charge is 0.490 e. The molecule has 1 fully saturated rings. The third-order valence-corrected chi connectivity index (χ3v) is 9.83. The lowest BCUT2D eigenvalue weighted by molar-refractivity contribution is -0.570. The van der Waals surface area contributed by atoms with Gasteiger partial charge in [0.25, 0.3) is 5.88 Å². The highest BCUT2D eigenvalue weighted by Crippen LogP contribution is 2.66. The van der Waals surface area contributed by atoms with Gasteiger partial charge in [-0.3, -0.25) is 19.2 Å². The zero-order valence-electron chi connectivity index (χ0n) is 23.3. The fourth-order valence-corrected chi connectivity index (χ4v) is 7.25. The molecule has 0 saturated carbocycles. The Labute approximate surface area is 257 Å². The van der Waals surface area contributed by atoms with Crippen molar-refractivity contribution in [1.29, 1.82) is 0 Å². The minimum Gasteiger partial charge on any atom is -0.406 e. The monoisotopic (exact) mass is 709 g/mol. The zero-order valence-corrected chi connectivity index (χ0v) is 26.0. The maximum absolute atomic E-state index is 12.0. The number of hydrogen-bond donors (Lipinski definition) is 7. The minimum atomic E-state index is -5.75. The van der Waals surface area contributed by atoms with Crippen LogP contribution in [0.5, 0.6) is 5.88 Å². The number of fused-ring (bicyclic) bond motifs is 1. The van der Waals surface area contributed by atoms with Crippen molar-refractivity contribution in [3.63, 3.8) is 0 Å². The third-order valence-electron chi connectivity index (χ3n) is 6.02. The van der Waals surface area contributed by atoms with Crippen molar-refractivity contribution in [2.75, 3.05) is 18.9 Å². The van der Waals surface area contributed by atoms with Crippen LogP contribution >= 0.6 is 23.5 Å². The molecule has 3 unspecified atom stereocenters. The van der Waals surface area contributed by atoms with Gasteiger partial charge in [-0.15, -0.1) is 0 Å². The predicted octanol–water partition coefficient (Wildman–Crippen LogP) is 0.373. The van der Waals surface area contributed by atoms with Crippen molar-refractivity contribution < 1.29 is 65.9 Å². The highest BCUT2D eigenvalue weighted by molar-refractivity contribution is 7.66. The number of anilines is 1. The van der Waals surface area contributed by atoms with Gasteiger partial charge >= 0.3 is 29.7 Å². The van der Waals surface area contributed by atoms with Crippen LogP contribution < -0.4 is 16.2 Å². The first kappa shape index (κ1) is 35.5. The molecule has 3 aromatic rings. The number of aryl methyl sites for hydroxylation is 1. The van der Waals surface area contributed by atoms with Crippen LogP contribution in [0.25, 0.3) is 11.2 Å². The van der Waals surface area contributed by atoms with Gasteiger partial charge in [0.1, 0.15) is 12.3 Å². The van der Waals surface area contributed by atoms with Crippen molar-refractivity contribution in [1.82, 2.24) is 19.5 Å². The summed E-state index contributed by atoms with van der Waals surface area (Å²) >= 11 is 0. The number of aliphatic hydroxyl groups is 1. The van der Waals surface area contributed by atoms with Gasteiger partial charge in [0.05, 0.1) is 36.1 Å². The van der Waals surface area contributed by atoms with Crippen molar-refractivity contribution in [3.8, 4) is 17.7 Å². The molecule has 0 radical (unpaired) electrons. The van der Waals surface area contributed by atoms with Crippen molar-refractivity contribution >= 4 is 40.6 Å². The van der Waals surface area contributed by atoms with E-state index in [2.05, 4.69) is 39.9 Å². The van der Waals surface area contributed by atoms with Crippen LogP contribution in [0, 0.1) is 28.9 Å². The first-order valence-electron chi connectivity index (χ1n) is 12.6. The topological polar surface area (TPSA) is 337 Å². The van der Waals surface area contributed by atoms with Crippen molar-refractivity contribution in [3.05, 3.63) is 51.3 Å². The van der Waals surface area contributed by atoms with Gasteiger partial charge in [-0.05, 0) is 30.7 Å². The second-order valence-corrected chi connectivity index (χ2v) is 13.8. The van der Waals surface area contributed by atoms with Gasteiger partial charge < -0.3 is 45.6 Å². The van der Waals surface area contributed by atoms with Gasteiger partial charge in [0, 0.05) is 12.0 Å². The molecular formula is C21H26N7O15P3. The van der Waals surface area contributed by atoms with Gasteiger partial charge in [0.2, 0.25) is 5.95 Å². The van der Waals surface area contributed by atoms with Crippen molar-refractivity contribution in [2.45, 2.75) is 38.0 Å². The Morgan fingerprint density at radius 3 is 2.54 bits per heavy atom. The molecule has 4 rings (SSSR count). The first-order chi connectivity index (χ1) is 21.4. The molecule has 0 aliphatic carbocycles. The lowest BCUT2D eigenvalue weighted by Gasteiger charge is -2.19. The van der Waals surface area contributed by atoms with Gasteiger partial charge in [-0.1, -0.05) is 11.8 Å². The number of nitrogens with two attached hydrogens (primary N) is 2. The summed E-state index contributed by atoms with van der Waals surface area (Å²) in [4.78, 5) is 59.8. The number of benzene rings is 1. The summed E-state index contributed by atoms with van der Waals surface area (Å²) in [5.41, 5.74) is 12.4. The first-order valence-corrected chi connectivity index (χ1v) is 17.1. The lowest BCUT2D eigenvalue weighted by Crippen LogP contribution is -2.26. The lowest BCUT2D eigenvalue weighted by atomic mass is 10.0. The number of nitrogen functional groups attached to an aromatic ring is 1. The Morgan fingerprint density at radius 1 is 1.20 bits per heavy atom. The maximum atomic E-state index is 12.0. The second-order valence-electron chi connectivity index (χ2n) is 9.36. The van der Waals surface area contributed by atoms with E-state index in [1.54, 1.807) is 19.1 Å². The summed E-state index contributed by atoms with van der Waals surface area (Å²) in [7, 11) is -16.8. The number of phosphoric acid groups is 3. The number of nitrogens with zero attached hydrogens (tertiary/aromatic N) is 5. The molecule has 1 saturated heterocycles. The molecule has 250 valence electrons. The van der Waals surface area contributed by atoms with E-state index in [4.69, 9.17) is 30.7 Å². The van der Waals surface area contributed by atoms with Crippen LogP contribution in [0.2, 0.25) is 0 Å². The molecule has 1 aromatic carbocycles. The number of aromatic nitrogens is 4. The molecule has 1 aliphatic heterocycles. The van der Waals surface area contributed by atoms with E-state index in [0.717, 1.165) is 0 Å². The zero-order chi connectivity index (χ0) is 34.0. The molecule has 22 nitrogen and oxygen atoms in total. The van der Waals surface area contributed by atoms with E-state index in [0.29, 0.717) is 11.1 Å². The van der Waals surface area contributed by atoms with E-state index >= 15 is 0 Å². The fourth-order valence-electron chi connectivity index (χ4n) is 4.22. The number of aliphatic hydroxyl groups excluding tert-OH is 1. The SMILES string of the molecule is Cc1cc(C#CCN)ccc1C(Oc1nc(N)nc2c1ncn2[C@H]1C[C@@H](O)[C@@H](COP(=O)(O)OP(=O)(O)OP(=O)(O)O)O1)[N+](=O)[O-]. The Hall–Kier alpha value is -3.38. The maximum Gasteiger partial charge on any atom is 0.490 e. The average Bonchev–Trinajstić information content (AvgIpc) is 3.50. The van der Waals surface area contributed by atoms with E-state index in [1.807, 2.05) is 0 Å². The molecule has 0 spiro atoms. The standard InChI is InChI=1S/C21H26N7O15P3/c1-11-7-12(3-2-6-22)4-5-13(11)20(28(30)31)41-19-17-18(25-21(23)26-19)27(10-24-17)16-8-14(29)15(40-16)9-39-45(35,36)43-46(37,38)42-44(32,33)34/h4-5,7,10,14-16,20,29H,6,8-9,22H2,1H3,(H,35,36)(H,37,38)(H2,23,25,26)(H2,32,33,34)/t14-,15-,16-,20?/m1/s1. The number of nitro groups is 1. The van der Waals surface area contributed by atoms with E-state index in [9.17, 15) is 38.7 Å². The van der Waals surface area contributed by atoms with Gasteiger partial charge in [0.15, 0.2) is 11.2 Å². The van der Waals surface area contributed by atoms with Gasteiger partial charge in [-0.25, -0.2) is 18.7 Å². The molecule has 0 bridgehead atoms. The normalized spacial score (nSPS) is 21.6. The summed E-state index contributed by atoms with van der Waals surface area (Å²) in [6, 6.07) is 4.66. The Bertz CT molecular complexity index is 1840. The molecule has 46 heavy (non-hydrogen) atoms. The Morgan fingerprint density at radius 2 is 1.91 bits per heavy atom. The number of phosphoric ester groups is 1. The van der Waals surface area contributed by atoms with Crippen LogP contribution in [0.4, 0.5) is 5.95 Å². The van der Waals surface area contributed by atoms with Crippen molar-refractivity contribution in [2.24, 2.45) is 5.73 Å². The molecule has 0 amide bonds. The highest BCUT2D eigenvalue weighted by atomic mass is 31.3. The van der Waals surface area contributed by atoms with Crippen LogP contribution in [0.15, 0.2) is 24.5 Å². The summed E-state index contributed by atoms with van der Waals surface area (Å²) in [5, 5.41) is 22.5. The molecule has 1 aliphatic rings. The molecule has 3 heterocycles. The molecule has 6 atom stereocenters. The minimum absolute atomic E-state index is 0.0283. The predicted molar refractivity (Wildman–Crippen MR) is 152 cm³/mol. The van der Waals surface area contributed by atoms with Crippen LogP contribution in [0.1, 0.15) is 35.6 Å². The van der Waals surface area contributed by atoms with Gasteiger partial charge in [-0.2, -0.15) is 18.6 Å². The van der Waals surface area contributed by atoms with E-state index < -0.39 is 59.7 Å². The molecular weight excluding hydrogens is 683 g/mol. The summed E-state index contributed by atoms with van der Waals surface area (Å²) in [6.07, 6.45) is -4.56. The summed E-state index contributed by atoms with van der Waals surface area (Å²) < 4.78 is 58.8. The fraction of sp³-hybridized carbons (Fsp3) is 0.381. The molecule has 25 heteroatoms. The molecule has 2 aromatic heterocycles. The summed E-state index contributed by atoms with van der Waals surface area (Å²) in [5.74, 6) is 4.81. The quantitative estimate of drug-likeness (QED) is 0.0439. The van der Waals surface area contributed by atoms with Crippen LogP contribution in [-0.2, 0) is 31.6 Å². The summed E-state index contributed by atoms with van der Waals surface area (Å²) in [6.45, 7) is 0.845. The highest BCUT2D eigenvalue weighted by Gasteiger charge is 2.43. The Balaban J connectivity index is 1.52. The number of hydrogen-bond acceptors (Lipinski definition) is 16. The second kappa shape index (κ2) is 13.8. The number of rotatable bonds is 12. The van der Waals surface area contributed by atoms with E-state index in [-0.39, 0.29) is 41.5 Å². The third kappa shape index (κ3) is 8.90.